The first kappa shape index (κ1) is 10.3. The monoisotopic (exact) mass is 227 g/mol. The average molecular weight is 227 g/mol. The lowest BCUT2D eigenvalue weighted by Crippen LogP contribution is -1.94. The van der Waals surface area contributed by atoms with Gasteiger partial charge in [0.05, 0.1) is 12.7 Å². The second kappa shape index (κ2) is 3.76. The Balaban J connectivity index is 2.51. The summed E-state index contributed by atoms with van der Waals surface area (Å²) >= 11 is 0. The lowest BCUT2D eigenvalue weighted by Gasteiger charge is -2.01. The number of methoxy groups -OCH3 is 1. The van der Waals surface area contributed by atoms with Crippen molar-refractivity contribution in [1.82, 2.24) is 10.2 Å². The highest BCUT2D eigenvalue weighted by molar-refractivity contribution is 5.70. The normalized spacial score (nSPS) is 10.4. The molecule has 16 heavy (non-hydrogen) atoms. The number of hydrogen-bond acceptors (Lipinski definition) is 5. The number of benzene rings is 1. The van der Waals surface area contributed by atoms with Gasteiger partial charge >= 0.3 is 6.08 Å². The summed E-state index contributed by atoms with van der Waals surface area (Å²) in [7, 11) is 1.34. The fourth-order valence-corrected chi connectivity index (χ4v) is 1.15. The van der Waals surface area contributed by atoms with Crippen molar-refractivity contribution in [2.75, 3.05) is 12.8 Å². The molecule has 0 aliphatic carbocycles. The summed E-state index contributed by atoms with van der Waals surface area (Å²) in [6.45, 7) is 0. The van der Waals surface area contributed by atoms with Crippen molar-refractivity contribution in [3.05, 3.63) is 23.8 Å². The highest BCUT2D eigenvalue weighted by Gasteiger charge is 2.15. The molecular formula is C9H7F2N3O2. The van der Waals surface area contributed by atoms with Crippen molar-refractivity contribution in [2.24, 2.45) is 0 Å². The smallest absolute Gasteiger partial charge is 0.414 e. The summed E-state index contributed by atoms with van der Waals surface area (Å²) in [6, 6.07) is 1.74. The molecule has 2 N–H and O–H groups in total. The van der Waals surface area contributed by atoms with E-state index in [0.29, 0.717) is 0 Å². The molecule has 0 aliphatic rings. The Hall–Kier alpha value is -2.18. The number of nitrogen functional groups attached to an aromatic ring is 1. The summed E-state index contributed by atoms with van der Waals surface area (Å²) in [5, 5.41) is 7.07. The third-order valence-electron chi connectivity index (χ3n) is 1.90. The Morgan fingerprint density at radius 2 is 1.94 bits per heavy atom. The van der Waals surface area contributed by atoms with Crippen LogP contribution in [-0.2, 0) is 0 Å². The number of rotatable bonds is 2. The van der Waals surface area contributed by atoms with Crippen LogP contribution in [0.25, 0.3) is 11.5 Å². The lowest BCUT2D eigenvalue weighted by molar-refractivity contribution is 0.293. The SMILES string of the molecule is COc1nnc(-c2cc(F)c(F)cc2N)o1. The van der Waals surface area contributed by atoms with Crippen molar-refractivity contribution in [3.8, 4) is 17.5 Å². The van der Waals surface area contributed by atoms with Crippen molar-refractivity contribution in [1.29, 1.82) is 0 Å². The summed E-state index contributed by atoms with van der Waals surface area (Å²) in [5.74, 6) is -2.11. The number of nitrogens with two attached hydrogens (primary N) is 1. The Morgan fingerprint density at radius 1 is 1.25 bits per heavy atom. The Morgan fingerprint density at radius 3 is 2.56 bits per heavy atom. The Kier molecular flexibility index (Phi) is 2.43. The zero-order valence-corrected chi connectivity index (χ0v) is 8.20. The van der Waals surface area contributed by atoms with Crippen molar-refractivity contribution < 1.29 is 17.9 Å². The van der Waals surface area contributed by atoms with Crippen LogP contribution >= 0.6 is 0 Å². The average Bonchev–Trinajstić information content (AvgIpc) is 2.71. The zero-order chi connectivity index (χ0) is 11.7. The van der Waals surface area contributed by atoms with Crippen molar-refractivity contribution in [2.45, 2.75) is 0 Å². The molecule has 0 unspecified atom stereocenters. The van der Waals surface area contributed by atoms with Crippen LogP contribution in [0.4, 0.5) is 14.5 Å². The molecule has 0 saturated carbocycles. The van der Waals surface area contributed by atoms with E-state index in [1.54, 1.807) is 0 Å². The van der Waals surface area contributed by atoms with E-state index in [-0.39, 0.29) is 23.2 Å². The Bertz CT molecular complexity index is 527. The van der Waals surface area contributed by atoms with Crippen LogP contribution in [-0.4, -0.2) is 17.3 Å². The maximum Gasteiger partial charge on any atom is 0.414 e. The van der Waals surface area contributed by atoms with Gasteiger partial charge in [-0.1, -0.05) is 5.10 Å². The maximum atomic E-state index is 13.0. The fourth-order valence-electron chi connectivity index (χ4n) is 1.15. The first-order valence-corrected chi connectivity index (χ1v) is 4.24. The molecular weight excluding hydrogens is 220 g/mol. The first-order chi connectivity index (χ1) is 7.61. The summed E-state index contributed by atoms with van der Waals surface area (Å²) < 4.78 is 35.4. The van der Waals surface area contributed by atoms with Crippen LogP contribution in [0.5, 0.6) is 6.08 Å². The number of hydrogen-bond donors (Lipinski definition) is 1. The van der Waals surface area contributed by atoms with E-state index < -0.39 is 11.6 Å². The van der Waals surface area contributed by atoms with E-state index in [0.717, 1.165) is 12.1 Å². The molecule has 0 saturated heterocycles. The van der Waals surface area contributed by atoms with Crippen LogP contribution in [0.15, 0.2) is 16.5 Å². The molecule has 2 aromatic rings. The van der Waals surface area contributed by atoms with Gasteiger partial charge < -0.3 is 14.9 Å². The molecule has 0 fully saturated rings. The summed E-state index contributed by atoms with van der Waals surface area (Å²) in [6.07, 6.45) is -0.0841. The van der Waals surface area contributed by atoms with Crippen molar-refractivity contribution in [3.63, 3.8) is 0 Å². The number of halogens is 2. The summed E-state index contributed by atoms with van der Waals surface area (Å²) in [4.78, 5) is 0. The van der Waals surface area contributed by atoms with Gasteiger partial charge in [0.2, 0.25) is 0 Å². The number of aromatic nitrogens is 2. The lowest BCUT2D eigenvalue weighted by atomic mass is 10.1. The minimum atomic E-state index is -1.04. The van der Waals surface area contributed by atoms with Gasteiger partial charge in [0, 0.05) is 11.8 Å². The second-order valence-electron chi connectivity index (χ2n) is 2.93. The first-order valence-electron chi connectivity index (χ1n) is 4.24. The highest BCUT2D eigenvalue weighted by atomic mass is 19.2. The molecule has 2 rings (SSSR count). The molecule has 84 valence electrons. The fraction of sp³-hybridized carbons (Fsp3) is 0.111. The van der Waals surface area contributed by atoms with Gasteiger partial charge in [-0.15, -0.1) is 5.10 Å². The van der Waals surface area contributed by atoms with E-state index in [2.05, 4.69) is 14.9 Å². The van der Waals surface area contributed by atoms with E-state index in [4.69, 9.17) is 10.2 Å². The minimum absolute atomic E-state index is 0.00482. The molecule has 0 amide bonds. The zero-order valence-electron chi connectivity index (χ0n) is 8.20. The molecule has 7 heteroatoms. The summed E-state index contributed by atoms with van der Waals surface area (Å²) in [5.41, 5.74) is 5.62. The quantitative estimate of drug-likeness (QED) is 0.789. The molecule has 0 bridgehead atoms. The largest absolute Gasteiger partial charge is 0.452 e. The van der Waals surface area contributed by atoms with Gasteiger partial charge in [-0.3, -0.25) is 0 Å². The molecule has 0 radical (unpaired) electrons. The predicted octanol–water partition coefficient (Wildman–Crippen LogP) is 1.61. The number of ether oxygens (including phenoxy) is 1. The molecule has 1 heterocycles. The van der Waals surface area contributed by atoms with E-state index in [1.807, 2.05) is 0 Å². The van der Waals surface area contributed by atoms with Crippen LogP contribution in [0.1, 0.15) is 0 Å². The molecule has 0 aliphatic heterocycles. The van der Waals surface area contributed by atoms with Gasteiger partial charge in [0.15, 0.2) is 11.6 Å². The predicted molar refractivity (Wildman–Crippen MR) is 50.6 cm³/mol. The van der Waals surface area contributed by atoms with Crippen LogP contribution in [0.3, 0.4) is 0 Å². The van der Waals surface area contributed by atoms with Crippen LogP contribution in [0.2, 0.25) is 0 Å². The topological polar surface area (TPSA) is 74.2 Å². The van der Waals surface area contributed by atoms with Gasteiger partial charge in [0.1, 0.15) is 0 Å². The van der Waals surface area contributed by atoms with Crippen LogP contribution < -0.4 is 10.5 Å². The molecule has 1 aromatic carbocycles. The minimum Gasteiger partial charge on any atom is -0.452 e. The Labute approximate surface area is 88.8 Å². The van der Waals surface area contributed by atoms with E-state index >= 15 is 0 Å². The third kappa shape index (κ3) is 1.67. The molecule has 0 spiro atoms. The number of nitrogens with zero attached hydrogens (tertiary/aromatic N) is 2. The van der Waals surface area contributed by atoms with E-state index in [9.17, 15) is 8.78 Å². The van der Waals surface area contributed by atoms with Gasteiger partial charge in [-0.2, -0.15) is 0 Å². The van der Waals surface area contributed by atoms with Gasteiger partial charge in [-0.05, 0) is 6.07 Å². The van der Waals surface area contributed by atoms with Crippen molar-refractivity contribution >= 4 is 5.69 Å². The standard InChI is InChI=1S/C9H7F2N3O2/c1-15-9-14-13-8(16-9)4-2-5(10)6(11)3-7(4)12/h2-3H,12H2,1H3. The van der Waals surface area contributed by atoms with Gasteiger partial charge in [-0.25, -0.2) is 8.78 Å². The molecule has 0 atom stereocenters. The van der Waals surface area contributed by atoms with Gasteiger partial charge in [0.25, 0.3) is 5.89 Å². The van der Waals surface area contributed by atoms with E-state index in [1.165, 1.54) is 7.11 Å². The van der Waals surface area contributed by atoms with Crippen LogP contribution in [0, 0.1) is 11.6 Å². The highest BCUT2D eigenvalue weighted by Crippen LogP contribution is 2.28. The third-order valence-corrected chi connectivity index (χ3v) is 1.90. The second-order valence-corrected chi connectivity index (χ2v) is 2.93. The maximum absolute atomic E-state index is 13.0. The molecule has 5 nitrogen and oxygen atoms in total. The molecule has 1 aromatic heterocycles. The number of anilines is 1.